The summed E-state index contributed by atoms with van der Waals surface area (Å²) < 4.78 is 12.8. The minimum atomic E-state index is -0.302. The maximum absolute atomic E-state index is 13.5. The average molecular weight is 516 g/mol. The Hall–Kier alpha value is -4.10. The SMILES string of the molecule is COC1=CCC(Cn2c(COc3ccc(Cc4ccccc4)cc3)nc3c(Cl)nccc3c2=O)C(O)=C1. The summed E-state index contributed by atoms with van der Waals surface area (Å²) >= 11 is 6.27. The first-order chi connectivity index (χ1) is 18.0. The van der Waals surface area contributed by atoms with E-state index in [-0.39, 0.29) is 35.5 Å². The Morgan fingerprint density at radius 3 is 2.57 bits per heavy atom. The molecule has 5 rings (SSSR count). The minimum absolute atomic E-state index is 0.0464. The predicted molar refractivity (Wildman–Crippen MR) is 143 cm³/mol. The number of hydrogen-bond donors (Lipinski definition) is 1. The van der Waals surface area contributed by atoms with E-state index in [0.29, 0.717) is 34.7 Å². The monoisotopic (exact) mass is 515 g/mol. The van der Waals surface area contributed by atoms with Gasteiger partial charge in [0, 0.05) is 24.7 Å². The van der Waals surface area contributed by atoms with Crippen molar-refractivity contribution in [3.8, 4) is 5.75 Å². The zero-order chi connectivity index (χ0) is 25.8. The van der Waals surface area contributed by atoms with E-state index in [1.807, 2.05) is 48.5 Å². The molecule has 1 aliphatic carbocycles. The number of rotatable bonds is 8. The highest BCUT2D eigenvalue weighted by molar-refractivity contribution is 6.33. The number of pyridine rings is 1. The van der Waals surface area contributed by atoms with Gasteiger partial charge in [0.2, 0.25) is 0 Å². The molecule has 0 fully saturated rings. The molecule has 4 aromatic rings. The second-order valence-corrected chi connectivity index (χ2v) is 9.21. The lowest BCUT2D eigenvalue weighted by Crippen LogP contribution is -2.30. The minimum Gasteiger partial charge on any atom is -0.512 e. The Bertz CT molecular complexity index is 1530. The van der Waals surface area contributed by atoms with E-state index in [4.69, 9.17) is 21.1 Å². The van der Waals surface area contributed by atoms with Gasteiger partial charge >= 0.3 is 0 Å². The van der Waals surface area contributed by atoms with Gasteiger partial charge in [-0.1, -0.05) is 54.1 Å². The molecule has 2 aromatic carbocycles. The Kier molecular flexibility index (Phi) is 7.23. The molecule has 0 radical (unpaired) electrons. The molecule has 1 aliphatic rings. The van der Waals surface area contributed by atoms with Gasteiger partial charge in [-0.2, -0.15) is 0 Å². The van der Waals surface area contributed by atoms with Gasteiger partial charge in [0.05, 0.1) is 12.5 Å². The van der Waals surface area contributed by atoms with Crippen LogP contribution in [0.5, 0.6) is 5.75 Å². The van der Waals surface area contributed by atoms with Crippen LogP contribution in [0.2, 0.25) is 5.15 Å². The average Bonchev–Trinajstić information content (AvgIpc) is 2.92. The van der Waals surface area contributed by atoms with E-state index in [0.717, 1.165) is 6.42 Å². The van der Waals surface area contributed by atoms with E-state index in [2.05, 4.69) is 22.1 Å². The first kappa shape index (κ1) is 24.6. The first-order valence-corrected chi connectivity index (χ1v) is 12.3. The van der Waals surface area contributed by atoms with Crippen molar-refractivity contribution < 1.29 is 14.6 Å². The van der Waals surface area contributed by atoms with Crippen LogP contribution < -0.4 is 10.3 Å². The van der Waals surface area contributed by atoms with Crippen LogP contribution in [0.3, 0.4) is 0 Å². The van der Waals surface area contributed by atoms with Crippen LogP contribution in [-0.4, -0.2) is 26.8 Å². The van der Waals surface area contributed by atoms with Crippen LogP contribution in [0.15, 0.2) is 95.3 Å². The Morgan fingerprint density at radius 1 is 1.08 bits per heavy atom. The Balaban J connectivity index is 1.40. The summed E-state index contributed by atoms with van der Waals surface area (Å²) in [5.74, 6) is 1.50. The molecule has 1 atom stereocenters. The molecule has 2 heterocycles. The zero-order valence-corrected chi connectivity index (χ0v) is 21.1. The van der Waals surface area contributed by atoms with Crippen LogP contribution in [0, 0.1) is 5.92 Å². The molecule has 0 saturated carbocycles. The van der Waals surface area contributed by atoms with Gasteiger partial charge in [0.15, 0.2) is 5.15 Å². The third-order valence-corrected chi connectivity index (χ3v) is 6.68. The lowest BCUT2D eigenvalue weighted by atomic mass is 9.97. The normalized spacial score (nSPS) is 15.2. The van der Waals surface area contributed by atoms with Gasteiger partial charge in [-0.05, 0) is 48.2 Å². The number of ether oxygens (including phenoxy) is 2. The second-order valence-electron chi connectivity index (χ2n) is 8.85. The highest BCUT2D eigenvalue weighted by Crippen LogP contribution is 2.25. The standard InChI is InChI=1S/C29H26ClN3O4/c1-36-23-12-9-21(25(34)16-23)17-33-26(32-27-24(29(33)35)13-14-31-28(27)30)18-37-22-10-7-20(8-11-22)15-19-5-3-2-4-6-19/h2-8,10-14,16,21,34H,9,15,17-18H2,1H3. The van der Waals surface area contributed by atoms with Gasteiger partial charge in [-0.15, -0.1) is 0 Å². The van der Waals surface area contributed by atoms with E-state index in [1.165, 1.54) is 17.3 Å². The summed E-state index contributed by atoms with van der Waals surface area (Å²) in [5, 5.41) is 11.1. The number of allylic oxidation sites excluding steroid dienone is 3. The molecule has 188 valence electrons. The highest BCUT2D eigenvalue weighted by atomic mass is 35.5. The topological polar surface area (TPSA) is 86.5 Å². The van der Waals surface area contributed by atoms with Crippen molar-refractivity contribution in [2.45, 2.75) is 26.0 Å². The molecule has 0 saturated heterocycles. The lowest BCUT2D eigenvalue weighted by molar-refractivity contribution is 0.255. The molecule has 0 amide bonds. The van der Waals surface area contributed by atoms with Crippen molar-refractivity contribution in [3.05, 3.63) is 123 Å². The third kappa shape index (κ3) is 5.52. The molecule has 1 unspecified atom stereocenters. The van der Waals surface area contributed by atoms with Crippen LogP contribution in [0.1, 0.15) is 23.4 Å². The molecule has 0 bridgehead atoms. The number of aromatic nitrogens is 3. The van der Waals surface area contributed by atoms with Crippen molar-refractivity contribution in [1.82, 2.24) is 14.5 Å². The summed E-state index contributed by atoms with van der Waals surface area (Å²) in [7, 11) is 1.55. The molecular formula is C29H26ClN3O4. The Labute approximate surface area is 219 Å². The quantitative estimate of drug-likeness (QED) is 0.307. The van der Waals surface area contributed by atoms with E-state index < -0.39 is 0 Å². The summed E-state index contributed by atoms with van der Waals surface area (Å²) in [6.45, 7) is 0.275. The summed E-state index contributed by atoms with van der Waals surface area (Å²) in [6, 6.07) is 19.7. The van der Waals surface area contributed by atoms with Crippen molar-refractivity contribution in [1.29, 1.82) is 0 Å². The van der Waals surface area contributed by atoms with Gasteiger partial charge in [0.25, 0.3) is 5.56 Å². The van der Waals surface area contributed by atoms with Crippen LogP contribution in [0.4, 0.5) is 0 Å². The molecule has 7 nitrogen and oxygen atoms in total. The number of aliphatic hydroxyl groups is 1. The number of hydrogen-bond acceptors (Lipinski definition) is 6. The van der Waals surface area contributed by atoms with Crippen LogP contribution in [0.25, 0.3) is 10.9 Å². The molecule has 0 aliphatic heterocycles. The van der Waals surface area contributed by atoms with Crippen molar-refractivity contribution in [3.63, 3.8) is 0 Å². The van der Waals surface area contributed by atoms with Crippen molar-refractivity contribution in [2.75, 3.05) is 7.11 Å². The zero-order valence-electron chi connectivity index (χ0n) is 20.3. The predicted octanol–water partition coefficient (Wildman–Crippen LogP) is 5.61. The van der Waals surface area contributed by atoms with Gasteiger partial charge < -0.3 is 14.6 Å². The summed E-state index contributed by atoms with van der Waals surface area (Å²) in [6.07, 6.45) is 6.29. The number of fused-ring (bicyclic) bond motifs is 1. The van der Waals surface area contributed by atoms with Gasteiger partial charge in [-0.25, -0.2) is 9.97 Å². The number of halogens is 1. The van der Waals surface area contributed by atoms with Gasteiger partial charge in [-0.3, -0.25) is 9.36 Å². The summed E-state index contributed by atoms with van der Waals surface area (Å²) in [4.78, 5) is 22.2. The fourth-order valence-corrected chi connectivity index (χ4v) is 4.57. The van der Waals surface area contributed by atoms with Crippen LogP contribution in [-0.2, 0) is 24.3 Å². The van der Waals surface area contributed by atoms with Crippen LogP contribution >= 0.6 is 11.6 Å². The lowest BCUT2D eigenvalue weighted by Gasteiger charge is -2.22. The molecule has 1 N–H and O–H groups in total. The number of methoxy groups -OCH3 is 1. The largest absolute Gasteiger partial charge is 0.512 e. The maximum Gasteiger partial charge on any atom is 0.261 e. The summed E-state index contributed by atoms with van der Waals surface area (Å²) in [5.41, 5.74) is 2.46. The third-order valence-electron chi connectivity index (χ3n) is 6.40. The van der Waals surface area contributed by atoms with E-state index in [9.17, 15) is 9.90 Å². The van der Waals surface area contributed by atoms with E-state index >= 15 is 0 Å². The van der Waals surface area contributed by atoms with E-state index in [1.54, 1.807) is 23.8 Å². The number of benzene rings is 2. The van der Waals surface area contributed by atoms with Crippen molar-refractivity contribution in [2.24, 2.45) is 5.92 Å². The smallest absolute Gasteiger partial charge is 0.261 e. The molecular weight excluding hydrogens is 490 g/mol. The second kappa shape index (κ2) is 10.9. The van der Waals surface area contributed by atoms with Crippen molar-refractivity contribution >= 4 is 22.5 Å². The molecule has 37 heavy (non-hydrogen) atoms. The maximum atomic E-state index is 13.5. The molecule has 8 heteroatoms. The first-order valence-electron chi connectivity index (χ1n) is 12.0. The fourth-order valence-electron chi connectivity index (χ4n) is 4.37. The fraction of sp³-hybridized carbons (Fsp3) is 0.207. The number of nitrogens with zero attached hydrogens (tertiary/aromatic N) is 3. The Morgan fingerprint density at radius 2 is 1.84 bits per heavy atom. The highest BCUT2D eigenvalue weighted by Gasteiger charge is 2.22. The number of aliphatic hydroxyl groups excluding tert-OH is 1. The van der Waals surface area contributed by atoms with Gasteiger partial charge in [0.1, 0.15) is 35.2 Å². The molecule has 2 aromatic heterocycles. The molecule has 0 spiro atoms.